The third-order valence-corrected chi connectivity index (χ3v) is 4.27. The molecule has 2 aliphatic rings. The smallest absolute Gasteiger partial charge is 0.408 e. The van der Waals surface area contributed by atoms with E-state index < -0.39 is 24.5 Å². The second-order valence-corrected chi connectivity index (χ2v) is 6.00. The molecule has 0 spiro atoms. The molecular weight excluding hydrogens is 344 g/mol. The zero-order valence-electron chi connectivity index (χ0n) is 15.2. The number of amides is 4. The van der Waals surface area contributed by atoms with Gasteiger partial charge in [0.25, 0.3) is 0 Å². The summed E-state index contributed by atoms with van der Waals surface area (Å²) in [7, 11) is 0. The number of hydrogen-bond acceptors (Lipinski definition) is 6. The lowest BCUT2D eigenvalue weighted by Gasteiger charge is -2.39. The normalized spacial score (nSPS) is 19.3. The van der Waals surface area contributed by atoms with Gasteiger partial charge in [0.1, 0.15) is 12.3 Å². The van der Waals surface area contributed by atoms with E-state index in [0.717, 1.165) is 0 Å². The van der Waals surface area contributed by atoms with Crippen LogP contribution in [0.3, 0.4) is 0 Å². The Morgan fingerprint density at radius 2 is 1.27 bits per heavy atom. The van der Waals surface area contributed by atoms with Crippen LogP contribution in [0.4, 0.5) is 9.59 Å². The topological polar surface area (TPSA) is 117 Å². The predicted molar refractivity (Wildman–Crippen MR) is 89.8 cm³/mol. The lowest BCUT2D eigenvalue weighted by Crippen LogP contribution is -2.66. The standard InChI is InChI=1S/C16H26N4O6/c1-3-25-15(23)17-13(19-9-5-7-11(19)21)14(18-16(24)26-4-2)20-10-6-8-12(20)22/h13-14H,3-10H2,1-2H3,(H,17,23)(H,18,24). The van der Waals surface area contributed by atoms with Gasteiger partial charge in [-0.3, -0.25) is 20.2 Å². The molecule has 4 amide bonds. The number of hydrogen-bond donors (Lipinski definition) is 2. The Hall–Kier alpha value is -2.52. The maximum absolute atomic E-state index is 12.3. The zero-order chi connectivity index (χ0) is 19.1. The summed E-state index contributed by atoms with van der Waals surface area (Å²) in [6, 6.07) is 0. The molecule has 0 aromatic heterocycles. The van der Waals surface area contributed by atoms with Crippen molar-refractivity contribution in [2.24, 2.45) is 0 Å². The van der Waals surface area contributed by atoms with Crippen LogP contribution in [0.2, 0.25) is 0 Å². The Morgan fingerprint density at radius 1 is 0.885 bits per heavy atom. The van der Waals surface area contributed by atoms with Gasteiger partial charge >= 0.3 is 12.2 Å². The Balaban J connectivity index is 2.28. The number of rotatable bonds is 7. The number of likely N-dealkylation sites (tertiary alicyclic amines) is 2. The van der Waals surface area contributed by atoms with Gasteiger partial charge in [-0.2, -0.15) is 0 Å². The highest BCUT2D eigenvalue weighted by Gasteiger charge is 2.41. The van der Waals surface area contributed by atoms with E-state index in [4.69, 9.17) is 9.47 Å². The molecule has 2 fully saturated rings. The molecule has 0 aromatic rings. The molecule has 2 rings (SSSR count). The molecule has 2 saturated heterocycles. The van der Waals surface area contributed by atoms with Gasteiger partial charge in [-0.05, 0) is 26.7 Å². The maximum atomic E-state index is 12.3. The second kappa shape index (κ2) is 9.25. The fourth-order valence-corrected chi connectivity index (χ4v) is 3.17. The predicted octanol–water partition coefficient (Wildman–Crippen LogP) is 0.376. The summed E-state index contributed by atoms with van der Waals surface area (Å²) in [6.07, 6.45) is -1.34. The Kier molecular flexibility index (Phi) is 7.05. The first kappa shape index (κ1) is 19.8. The molecular formula is C16H26N4O6. The van der Waals surface area contributed by atoms with Crippen molar-refractivity contribution in [3.05, 3.63) is 0 Å². The highest BCUT2D eigenvalue weighted by molar-refractivity contribution is 5.81. The van der Waals surface area contributed by atoms with Gasteiger partial charge in [0.15, 0.2) is 0 Å². The molecule has 0 aromatic carbocycles. The molecule has 10 heteroatoms. The Bertz CT molecular complexity index is 507. The number of alkyl carbamates (subject to hydrolysis) is 2. The van der Waals surface area contributed by atoms with Crippen LogP contribution in [0.25, 0.3) is 0 Å². The van der Waals surface area contributed by atoms with Gasteiger partial charge < -0.3 is 19.3 Å². The third kappa shape index (κ3) is 4.77. The summed E-state index contributed by atoms with van der Waals surface area (Å²) < 4.78 is 9.85. The van der Waals surface area contributed by atoms with E-state index in [1.807, 2.05) is 0 Å². The monoisotopic (exact) mass is 370 g/mol. The lowest BCUT2D eigenvalue weighted by molar-refractivity contribution is -0.137. The summed E-state index contributed by atoms with van der Waals surface area (Å²) in [5.74, 6) is -0.316. The minimum atomic E-state index is -0.935. The van der Waals surface area contributed by atoms with E-state index in [2.05, 4.69) is 10.6 Å². The second-order valence-electron chi connectivity index (χ2n) is 6.00. The van der Waals surface area contributed by atoms with Crippen LogP contribution in [0.15, 0.2) is 0 Å². The van der Waals surface area contributed by atoms with Crippen molar-refractivity contribution < 1.29 is 28.7 Å². The Labute approximate surface area is 152 Å². The van der Waals surface area contributed by atoms with Crippen LogP contribution >= 0.6 is 0 Å². The summed E-state index contributed by atoms with van der Waals surface area (Å²) in [4.78, 5) is 51.4. The molecule has 2 unspecified atom stereocenters. The van der Waals surface area contributed by atoms with Crippen molar-refractivity contribution in [2.45, 2.75) is 51.9 Å². The van der Waals surface area contributed by atoms with Crippen LogP contribution < -0.4 is 10.6 Å². The Morgan fingerprint density at radius 3 is 1.54 bits per heavy atom. The number of nitrogens with zero attached hydrogens (tertiary/aromatic N) is 2. The van der Waals surface area contributed by atoms with Crippen molar-refractivity contribution in [1.29, 1.82) is 0 Å². The molecule has 2 heterocycles. The minimum absolute atomic E-state index is 0.158. The van der Waals surface area contributed by atoms with E-state index in [1.165, 1.54) is 9.80 Å². The summed E-state index contributed by atoms with van der Waals surface area (Å²) in [6.45, 7) is 4.47. The average Bonchev–Trinajstić information content (AvgIpc) is 3.19. The summed E-state index contributed by atoms with van der Waals surface area (Å²) in [5.41, 5.74) is 0. The lowest BCUT2D eigenvalue weighted by atomic mass is 10.2. The van der Waals surface area contributed by atoms with E-state index in [0.29, 0.717) is 38.8 Å². The highest BCUT2D eigenvalue weighted by Crippen LogP contribution is 2.20. The van der Waals surface area contributed by atoms with E-state index in [9.17, 15) is 19.2 Å². The SMILES string of the molecule is CCOC(=O)NC(C(NC(=O)OCC)N1CCCC1=O)N1CCCC1=O. The van der Waals surface area contributed by atoms with Crippen molar-refractivity contribution in [1.82, 2.24) is 20.4 Å². The molecule has 2 atom stereocenters. The number of carbonyl (C=O) groups is 4. The van der Waals surface area contributed by atoms with Gasteiger partial charge in [-0.1, -0.05) is 0 Å². The van der Waals surface area contributed by atoms with Gasteiger partial charge in [0, 0.05) is 25.9 Å². The fourth-order valence-electron chi connectivity index (χ4n) is 3.17. The largest absolute Gasteiger partial charge is 0.450 e. The van der Waals surface area contributed by atoms with E-state index in [1.54, 1.807) is 13.8 Å². The number of carbonyl (C=O) groups excluding carboxylic acids is 4. The average molecular weight is 370 g/mol. The molecule has 0 saturated carbocycles. The van der Waals surface area contributed by atoms with Crippen LogP contribution in [-0.2, 0) is 19.1 Å². The number of ether oxygens (including phenoxy) is 2. The van der Waals surface area contributed by atoms with Crippen LogP contribution in [0.1, 0.15) is 39.5 Å². The van der Waals surface area contributed by atoms with Gasteiger partial charge in [-0.15, -0.1) is 0 Å². The van der Waals surface area contributed by atoms with E-state index in [-0.39, 0.29) is 25.0 Å². The molecule has 26 heavy (non-hydrogen) atoms. The minimum Gasteiger partial charge on any atom is -0.450 e. The van der Waals surface area contributed by atoms with Crippen LogP contribution in [0, 0.1) is 0 Å². The van der Waals surface area contributed by atoms with Crippen LogP contribution in [0.5, 0.6) is 0 Å². The van der Waals surface area contributed by atoms with Crippen molar-refractivity contribution in [3.8, 4) is 0 Å². The third-order valence-electron chi connectivity index (χ3n) is 4.27. The molecule has 2 N–H and O–H groups in total. The van der Waals surface area contributed by atoms with E-state index >= 15 is 0 Å². The van der Waals surface area contributed by atoms with Crippen molar-refractivity contribution in [2.75, 3.05) is 26.3 Å². The van der Waals surface area contributed by atoms with Gasteiger partial charge in [0.05, 0.1) is 13.2 Å². The first-order valence-electron chi connectivity index (χ1n) is 8.93. The molecule has 146 valence electrons. The summed E-state index contributed by atoms with van der Waals surface area (Å²) >= 11 is 0. The molecule has 0 radical (unpaired) electrons. The molecule has 0 bridgehead atoms. The fraction of sp³-hybridized carbons (Fsp3) is 0.750. The first-order chi connectivity index (χ1) is 12.5. The van der Waals surface area contributed by atoms with Crippen LogP contribution in [-0.4, -0.2) is 72.4 Å². The summed E-state index contributed by atoms with van der Waals surface area (Å²) in [5, 5.41) is 5.23. The highest BCUT2D eigenvalue weighted by atomic mass is 16.6. The molecule has 2 aliphatic heterocycles. The van der Waals surface area contributed by atoms with Crippen molar-refractivity contribution in [3.63, 3.8) is 0 Å². The van der Waals surface area contributed by atoms with Gasteiger partial charge in [-0.25, -0.2) is 9.59 Å². The molecule has 0 aliphatic carbocycles. The molecule has 10 nitrogen and oxygen atoms in total. The van der Waals surface area contributed by atoms with Crippen molar-refractivity contribution >= 4 is 24.0 Å². The quantitative estimate of drug-likeness (QED) is 0.669. The zero-order valence-corrected chi connectivity index (χ0v) is 15.2. The first-order valence-corrected chi connectivity index (χ1v) is 8.93. The maximum Gasteiger partial charge on any atom is 0.408 e. The van der Waals surface area contributed by atoms with Gasteiger partial charge in [0.2, 0.25) is 11.8 Å². The number of nitrogens with one attached hydrogen (secondary N) is 2.